The van der Waals surface area contributed by atoms with Gasteiger partial charge in [0.15, 0.2) is 11.6 Å². The highest BCUT2D eigenvalue weighted by atomic mass is 15.2. The van der Waals surface area contributed by atoms with E-state index in [1.54, 1.807) is 0 Å². The van der Waals surface area contributed by atoms with Crippen molar-refractivity contribution < 1.29 is 0 Å². The van der Waals surface area contributed by atoms with Gasteiger partial charge in [0.1, 0.15) is 0 Å². The second-order valence-corrected chi connectivity index (χ2v) is 15.9. The largest absolute Gasteiger partial charge is 0.277 e. The Kier molecular flexibility index (Phi) is 8.98. The Morgan fingerprint density at radius 2 is 1.00 bits per heavy atom. The summed E-state index contributed by atoms with van der Waals surface area (Å²) in [5, 5.41) is 4.89. The zero-order valence-electron chi connectivity index (χ0n) is 33.8. The molecule has 284 valence electrons. The SMILES string of the molecule is CC1(C)c2cc(-c3cccc4c5ccccc5n(-c5nc(-c6ccccc6)nc(-c6ccc(-c7ccccc7)cc6)n5)c34)ccc2-c2c1ccc1ccccc21.CCC. The molecule has 8 aromatic carbocycles. The zero-order valence-corrected chi connectivity index (χ0v) is 33.8. The summed E-state index contributed by atoms with van der Waals surface area (Å²) in [6, 6.07) is 64.8. The van der Waals surface area contributed by atoms with Crippen LogP contribution in [0, 0.1) is 0 Å². The third kappa shape index (κ3) is 6.11. The van der Waals surface area contributed by atoms with Crippen molar-refractivity contribution in [3.05, 3.63) is 193 Å². The van der Waals surface area contributed by atoms with Gasteiger partial charge in [-0.2, -0.15) is 9.97 Å². The monoisotopic (exact) mass is 760 g/mol. The van der Waals surface area contributed by atoms with E-state index in [1.165, 1.54) is 45.0 Å². The van der Waals surface area contributed by atoms with Gasteiger partial charge in [-0.05, 0) is 61.8 Å². The van der Waals surface area contributed by atoms with E-state index in [-0.39, 0.29) is 5.41 Å². The maximum atomic E-state index is 5.29. The van der Waals surface area contributed by atoms with Crippen molar-refractivity contribution in [2.45, 2.75) is 39.5 Å². The van der Waals surface area contributed by atoms with Crippen LogP contribution in [0.15, 0.2) is 182 Å². The molecule has 10 aromatic rings. The van der Waals surface area contributed by atoms with Crippen molar-refractivity contribution in [1.29, 1.82) is 0 Å². The smallest absolute Gasteiger partial charge is 0.238 e. The lowest BCUT2D eigenvalue weighted by Gasteiger charge is -2.22. The van der Waals surface area contributed by atoms with Crippen LogP contribution in [0.4, 0.5) is 0 Å². The first-order valence-corrected chi connectivity index (χ1v) is 20.6. The second-order valence-electron chi connectivity index (χ2n) is 15.9. The molecule has 0 saturated carbocycles. The Bertz CT molecular complexity index is 3160. The summed E-state index contributed by atoms with van der Waals surface area (Å²) in [7, 11) is 0. The predicted octanol–water partition coefficient (Wildman–Crippen LogP) is 14.5. The summed E-state index contributed by atoms with van der Waals surface area (Å²) in [5.41, 5.74) is 13.8. The Labute approximate surface area is 345 Å². The molecule has 1 aliphatic carbocycles. The summed E-state index contributed by atoms with van der Waals surface area (Å²) >= 11 is 0. The fraction of sp³-hybridized carbons (Fsp3) is 0.109. The van der Waals surface area contributed by atoms with Crippen LogP contribution in [0.5, 0.6) is 0 Å². The van der Waals surface area contributed by atoms with E-state index < -0.39 is 0 Å². The first kappa shape index (κ1) is 36.2. The average molecular weight is 761 g/mol. The molecule has 2 heterocycles. The standard InChI is InChI=1S/C52H36N4.C3H8/c1-52(2)44-31-29-35-16-9-10-19-39(35)47(44)43-30-28-38(32-45(43)52)40-21-13-22-42-41-20-11-12-23-46(41)56(48(40)42)51-54-49(36-17-7-4-8-18-36)53-50(55-51)37-26-24-34(25-27-37)33-14-5-3-6-15-33;1-3-2/h3-32H,1-2H3;3H2,1-2H3. The molecule has 2 aromatic heterocycles. The summed E-state index contributed by atoms with van der Waals surface area (Å²) in [4.78, 5) is 15.6. The van der Waals surface area contributed by atoms with E-state index in [0.29, 0.717) is 17.6 Å². The van der Waals surface area contributed by atoms with E-state index in [9.17, 15) is 0 Å². The van der Waals surface area contributed by atoms with Crippen LogP contribution in [-0.4, -0.2) is 19.5 Å². The first-order valence-electron chi connectivity index (χ1n) is 20.6. The van der Waals surface area contributed by atoms with Crippen molar-refractivity contribution in [2.75, 3.05) is 0 Å². The van der Waals surface area contributed by atoms with Crippen molar-refractivity contribution in [1.82, 2.24) is 19.5 Å². The topological polar surface area (TPSA) is 43.6 Å². The number of fused-ring (bicyclic) bond motifs is 8. The van der Waals surface area contributed by atoms with Gasteiger partial charge in [0, 0.05) is 32.9 Å². The van der Waals surface area contributed by atoms with Crippen molar-refractivity contribution >= 4 is 32.6 Å². The van der Waals surface area contributed by atoms with E-state index in [0.717, 1.165) is 49.6 Å². The molecule has 0 amide bonds. The van der Waals surface area contributed by atoms with Gasteiger partial charge in [-0.1, -0.05) is 204 Å². The fourth-order valence-corrected chi connectivity index (χ4v) is 8.89. The fourth-order valence-electron chi connectivity index (χ4n) is 8.89. The number of hydrogen-bond donors (Lipinski definition) is 0. The van der Waals surface area contributed by atoms with Crippen LogP contribution in [0.2, 0.25) is 0 Å². The summed E-state index contributed by atoms with van der Waals surface area (Å²) < 4.78 is 2.25. The molecule has 0 saturated heterocycles. The molecular formula is C55H44N4. The van der Waals surface area contributed by atoms with Gasteiger partial charge in [0.25, 0.3) is 0 Å². The molecule has 4 nitrogen and oxygen atoms in total. The molecule has 4 heteroatoms. The van der Waals surface area contributed by atoms with Gasteiger partial charge in [-0.15, -0.1) is 0 Å². The van der Waals surface area contributed by atoms with Crippen LogP contribution in [0.1, 0.15) is 45.2 Å². The lowest BCUT2D eigenvalue weighted by Crippen LogP contribution is -2.15. The van der Waals surface area contributed by atoms with Crippen molar-refractivity contribution in [3.63, 3.8) is 0 Å². The van der Waals surface area contributed by atoms with E-state index >= 15 is 0 Å². The van der Waals surface area contributed by atoms with Crippen LogP contribution in [0.25, 0.3) is 94.7 Å². The highest BCUT2D eigenvalue weighted by Crippen LogP contribution is 2.52. The summed E-state index contributed by atoms with van der Waals surface area (Å²) in [5.74, 6) is 1.84. The summed E-state index contributed by atoms with van der Waals surface area (Å²) in [6.45, 7) is 8.97. The molecule has 0 fully saturated rings. The maximum absolute atomic E-state index is 5.29. The van der Waals surface area contributed by atoms with E-state index in [2.05, 4.69) is 190 Å². The van der Waals surface area contributed by atoms with Gasteiger partial charge < -0.3 is 0 Å². The van der Waals surface area contributed by atoms with Gasteiger partial charge >= 0.3 is 0 Å². The minimum absolute atomic E-state index is 0.158. The molecule has 11 rings (SSSR count). The van der Waals surface area contributed by atoms with Crippen LogP contribution < -0.4 is 0 Å². The molecule has 0 atom stereocenters. The molecule has 0 unspecified atom stereocenters. The number of hydrogen-bond acceptors (Lipinski definition) is 3. The maximum Gasteiger partial charge on any atom is 0.238 e. The van der Waals surface area contributed by atoms with Crippen LogP contribution in [0.3, 0.4) is 0 Å². The average Bonchev–Trinajstić information content (AvgIpc) is 3.75. The molecule has 59 heavy (non-hydrogen) atoms. The normalized spacial score (nSPS) is 12.6. The zero-order chi connectivity index (χ0) is 40.1. The quantitative estimate of drug-likeness (QED) is 0.175. The molecular weight excluding hydrogens is 717 g/mol. The Morgan fingerprint density at radius 1 is 0.441 bits per heavy atom. The van der Waals surface area contributed by atoms with Crippen molar-refractivity contribution in [3.8, 4) is 62.1 Å². The molecule has 0 spiro atoms. The van der Waals surface area contributed by atoms with Gasteiger partial charge in [-0.3, -0.25) is 4.57 Å². The minimum atomic E-state index is -0.158. The lowest BCUT2D eigenvalue weighted by atomic mass is 9.81. The minimum Gasteiger partial charge on any atom is -0.277 e. The van der Waals surface area contributed by atoms with Gasteiger partial charge in [0.05, 0.1) is 11.0 Å². The highest BCUT2D eigenvalue weighted by Gasteiger charge is 2.36. The Hall–Kier alpha value is -7.17. The number of aromatic nitrogens is 4. The number of benzene rings is 8. The number of nitrogens with zero attached hydrogens (tertiary/aromatic N) is 4. The van der Waals surface area contributed by atoms with Crippen LogP contribution >= 0.6 is 0 Å². The molecule has 0 N–H and O–H groups in total. The predicted molar refractivity (Wildman–Crippen MR) is 247 cm³/mol. The van der Waals surface area contributed by atoms with Gasteiger partial charge in [-0.25, -0.2) is 4.98 Å². The summed E-state index contributed by atoms with van der Waals surface area (Å²) in [6.07, 6.45) is 1.25. The third-order valence-corrected chi connectivity index (χ3v) is 11.7. The second kappa shape index (κ2) is 14.6. The highest BCUT2D eigenvalue weighted by molar-refractivity contribution is 6.14. The first-order chi connectivity index (χ1) is 28.9. The van der Waals surface area contributed by atoms with E-state index in [1.807, 2.05) is 24.3 Å². The third-order valence-electron chi connectivity index (χ3n) is 11.7. The molecule has 0 aliphatic heterocycles. The Morgan fingerprint density at radius 3 is 1.73 bits per heavy atom. The molecule has 0 bridgehead atoms. The van der Waals surface area contributed by atoms with Crippen LogP contribution in [-0.2, 0) is 5.41 Å². The number of para-hydroxylation sites is 2. The number of rotatable bonds is 5. The lowest BCUT2D eigenvalue weighted by molar-refractivity contribution is 0.661. The van der Waals surface area contributed by atoms with Crippen molar-refractivity contribution in [2.24, 2.45) is 0 Å². The molecule has 1 aliphatic rings. The van der Waals surface area contributed by atoms with E-state index in [4.69, 9.17) is 15.0 Å². The Balaban J connectivity index is 0.00000136. The molecule has 0 radical (unpaired) electrons. The van der Waals surface area contributed by atoms with Gasteiger partial charge in [0.2, 0.25) is 5.95 Å².